The van der Waals surface area contributed by atoms with Crippen LogP contribution in [0.1, 0.15) is 66.7 Å². The van der Waals surface area contributed by atoms with Crippen LogP contribution in [0.4, 0.5) is 19.3 Å². The van der Waals surface area contributed by atoms with Gasteiger partial charge >= 0.3 is 6.03 Å². The van der Waals surface area contributed by atoms with E-state index < -0.39 is 28.0 Å². The summed E-state index contributed by atoms with van der Waals surface area (Å²) in [5.74, 6) is -2.88. The number of hydrogen-bond acceptors (Lipinski definition) is 4. The van der Waals surface area contributed by atoms with Crippen molar-refractivity contribution in [1.29, 1.82) is 0 Å². The highest BCUT2D eigenvalue weighted by Crippen LogP contribution is 2.43. The molecule has 0 saturated carbocycles. The molecule has 11 heteroatoms. The Bertz CT molecular complexity index is 1160. The molecule has 0 radical (unpaired) electrons. The number of alkyl halides is 2. The number of amides is 2. The van der Waals surface area contributed by atoms with Crippen LogP contribution < -0.4 is 10.5 Å². The number of anilines is 1. The van der Waals surface area contributed by atoms with Crippen molar-refractivity contribution in [1.82, 2.24) is 19.1 Å². The van der Waals surface area contributed by atoms with Crippen LogP contribution in [0.15, 0.2) is 11.1 Å². The monoisotopic (exact) mass is 466 g/mol. The summed E-state index contributed by atoms with van der Waals surface area (Å²) in [5.41, 5.74) is 4.31. The van der Waals surface area contributed by atoms with Gasteiger partial charge in [0.2, 0.25) is 0 Å². The van der Waals surface area contributed by atoms with Crippen LogP contribution in [-0.2, 0) is 42.0 Å². The number of aryl methyl sites for hydroxylation is 2. The third kappa shape index (κ3) is 3.16. The number of nitrogens with zero attached hydrogens (tertiary/aromatic N) is 4. The predicted octanol–water partition coefficient (Wildman–Crippen LogP) is 3.03. The molecular weight excluding hydrogens is 438 g/mol. The largest absolute Gasteiger partial charge is 0.333 e. The Morgan fingerprint density at radius 1 is 1.31 bits per heavy atom. The van der Waals surface area contributed by atoms with E-state index in [1.165, 1.54) is 7.05 Å². The maximum atomic E-state index is 14.6. The highest BCUT2D eigenvalue weighted by Gasteiger charge is 2.44. The predicted molar refractivity (Wildman–Crippen MR) is 117 cm³/mol. The zero-order valence-corrected chi connectivity index (χ0v) is 19.1. The topological polar surface area (TPSA) is 106 Å². The average molecular weight is 467 g/mol. The molecule has 2 aromatic rings. The Morgan fingerprint density at radius 3 is 2.88 bits per heavy atom. The molecule has 32 heavy (non-hydrogen) atoms. The Kier molecular flexibility index (Phi) is 4.90. The Hall–Kier alpha value is -2.40. The van der Waals surface area contributed by atoms with Crippen molar-refractivity contribution >= 4 is 22.0 Å². The highest BCUT2D eigenvalue weighted by atomic mass is 32.3. The number of nitrogens with two attached hydrogens (primary N) is 1. The Labute approximate surface area is 186 Å². The minimum Gasteiger partial charge on any atom is -0.306 e. The van der Waals surface area contributed by atoms with E-state index in [0.29, 0.717) is 12.5 Å². The molecule has 5 rings (SSSR count). The Morgan fingerprint density at radius 2 is 2.09 bits per heavy atom. The van der Waals surface area contributed by atoms with Gasteiger partial charge in [-0.2, -0.15) is 13.9 Å². The summed E-state index contributed by atoms with van der Waals surface area (Å²) in [6.07, 6.45) is 5.41. The fourth-order valence-electron chi connectivity index (χ4n) is 5.16. The summed E-state index contributed by atoms with van der Waals surface area (Å²) in [4.78, 5) is 17.8. The van der Waals surface area contributed by atoms with Gasteiger partial charge in [0.1, 0.15) is 5.69 Å². The van der Waals surface area contributed by atoms with Crippen LogP contribution in [-0.4, -0.2) is 36.4 Å². The average Bonchev–Trinajstić information content (AvgIpc) is 3.46. The molecule has 3 aliphatic rings. The normalized spacial score (nSPS) is 21.6. The number of halogens is 2. The van der Waals surface area contributed by atoms with Crippen molar-refractivity contribution in [3.63, 3.8) is 0 Å². The first-order valence-corrected chi connectivity index (χ1v) is 12.8. The molecular formula is C21H28F2N6O2S. The zero-order valence-electron chi connectivity index (χ0n) is 18.2. The highest BCUT2D eigenvalue weighted by molar-refractivity contribution is 7.99. The van der Waals surface area contributed by atoms with Crippen molar-refractivity contribution in [3.8, 4) is 0 Å². The second-order valence-electron chi connectivity index (χ2n) is 9.06. The van der Waals surface area contributed by atoms with Crippen molar-refractivity contribution in [2.45, 2.75) is 75.2 Å². The van der Waals surface area contributed by atoms with E-state index in [9.17, 15) is 17.8 Å². The fraction of sp³-hybridized carbons (Fsp3) is 0.571. The smallest absolute Gasteiger partial charge is 0.306 e. The summed E-state index contributed by atoms with van der Waals surface area (Å²) >= 11 is 0. The number of hydrogen-bond donors (Lipinski definition) is 3. The molecule has 1 atom stereocenters. The van der Waals surface area contributed by atoms with Gasteiger partial charge in [-0.1, -0.05) is 6.92 Å². The molecule has 8 nitrogen and oxygen atoms in total. The standard InChI is InChI=1S/C21H28F2N6O2S/c1-12-7-8-14-17(12)26-15-6-3-5-13(15)18(14)27-20(30)28(2)32(24,31)16-11-25-29-10-4-9-21(22,23)19(16)29/h11-12,32H,3-10H2,1-2H3,(H2,24,31)(H,26,27,30). The number of carbonyl (C=O) groups excluding carboxylic acids is 1. The van der Waals surface area contributed by atoms with Gasteiger partial charge in [-0.15, -0.1) is 0 Å². The zero-order chi connectivity index (χ0) is 22.8. The molecule has 0 spiro atoms. The van der Waals surface area contributed by atoms with E-state index in [1.807, 2.05) is 0 Å². The second-order valence-corrected chi connectivity index (χ2v) is 11.4. The number of carbonyl (C=O) groups is 1. The van der Waals surface area contributed by atoms with Gasteiger partial charge in [0.15, 0.2) is 0 Å². The third-order valence-electron chi connectivity index (χ3n) is 6.99. The first-order chi connectivity index (χ1) is 15.1. The minimum atomic E-state index is -4.13. The van der Waals surface area contributed by atoms with Gasteiger partial charge < -0.3 is 5.32 Å². The number of urea groups is 1. The maximum Gasteiger partial charge on any atom is 0.333 e. The van der Waals surface area contributed by atoms with E-state index in [0.717, 1.165) is 75.5 Å². The molecule has 1 unspecified atom stereocenters. The van der Waals surface area contributed by atoms with Crippen molar-refractivity contribution in [2.24, 2.45) is 5.14 Å². The molecule has 0 aromatic carbocycles. The van der Waals surface area contributed by atoms with Crippen molar-refractivity contribution in [2.75, 3.05) is 12.4 Å². The van der Waals surface area contributed by atoms with Crippen LogP contribution >= 0.6 is 0 Å². The first kappa shape index (κ1) is 21.4. The molecule has 2 amide bonds. The number of thiol groups is 1. The van der Waals surface area contributed by atoms with Gasteiger partial charge in [-0.05, 0) is 55.6 Å². The van der Waals surface area contributed by atoms with Gasteiger partial charge in [0, 0.05) is 41.7 Å². The molecule has 0 saturated heterocycles. The van der Waals surface area contributed by atoms with Crippen LogP contribution in [0.25, 0.3) is 0 Å². The first-order valence-electron chi connectivity index (χ1n) is 11.0. The van der Waals surface area contributed by atoms with E-state index in [4.69, 9.17) is 10.1 Å². The lowest BCUT2D eigenvalue weighted by atomic mass is 10.0. The number of pyridine rings is 1. The molecule has 2 aromatic heterocycles. The summed E-state index contributed by atoms with van der Waals surface area (Å²) < 4.78 is 44.8. The molecule has 3 heterocycles. The van der Waals surface area contributed by atoms with E-state index in [1.54, 1.807) is 0 Å². The molecule has 174 valence electrons. The lowest BCUT2D eigenvalue weighted by Gasteiger charge is -2.33. The summed E-state index contributed by atoms with van der Waals surface area (Å²) in [7, 11) is -2.85. The lowest BCUT2D eigenvalue weighted by molar-refractivity contribution is -0.0393. The quantitative estimate of drug-likeness (QED) is 0.605. The summed E-state index contributed by atoms with van der Waals surface area (Å²) in [5, 5.41) is 13.0. The molecule has 0 fully saturated rings. The molecule has 2 aliphatic carbocycles. The third-order valence-corrected chi connectivity index (χ3v) is 9.09. The minimum absolute atomic E-state index is 0.265. The van der Waals surface area contributed by atoms with Gasteiger partial charge in [0.05, 0.1) is 16.8 Å². The maximum absolute atomic E-state index is 14.6. The number of rotatable bonds is 3. The molecule has 1 aliphatic heterocycles. The SMILES string of the molecule is CC1CCc2c1nc1c(c2NC(=O)N(C)[SH](N)(=O)c2cnn3c2C(F)(F)CCC3)CCC1. The van der Waals surface area contributed by atoms with Crippen LogP contribution in [0.3, 0.4) is 0 Å². The number of aromatic nitrogens is 3. The summed E-state index contributed by atoms with van der Waals surface area (Å²) in [6, 6.07) is -0.683. The van der Waals surface area contributed by atoms with Crippen molar-refractivity contribution < 1.29 is 17.8 Å². The van der Waals surface area contributed by atoms with E-state index in [2.05, 4.69) is 17.3 Å². The molecule has 3 N–H and O–H groups in total. The van der Waals surface area contributed by atoms with E-state index in [-0.39, 0.29) is 17.7 Å². The van der Waals surface area contributed by atoms with Gasteiger partial charge in [-0.3, -0.25) is 19.1 Å². The number of nitrogens with one attached hydrogen (secondary N) is 1. The van der Waals surface area contributed by atoms with Gasteiger partial charge in [0.25, 0.3) is 5.92 Å². The van der Waals surface area contributed by atoms with E-state index >= 15 is 0 Å². The van der Waals surface area contributed by atoms with Crippen LogP contribution in [0.5, 0.6) is 0 Å². The Balaban J connectivity index is 1.48. The van der Waals surface area contributed by atoms with Crippen LogP contribution in [0.2, 0.25) is 0 Å². The molecule has 0 bridgehead atoms. The van der Waals surface area contributed by atoms with Gasteiger partial charge in [-0.25, -0.2) is 9.00 Å². The summed E-state index contributed by atoms with van der Waals surface area (Å²) in [6.45, 7) is 2.42. The van der Waals surface area contributed by atoms with Crippen molar-refractivity contribution in [3.05, 3.63) is 34.4 Å². The number of fused-ring (bicyclic) bond motifs is 3. The lowest BCUT2D eigenvalue weighted by Crippen LogP contribution is -2.47. The van der Waals surface area contributed by atoms with Crippen LogP contribution in [0, 0.1) is 0 Å². The fourth-order valence-corrected chi connectivity index (χ4v) is 6.60. The second kappa shape index (κ2) is 7.31.